The van der Waals surface area contributed by atoms with E-state index in [1.165, 1.54) is 9.52 Å². The summed E-state index contributed by atoms with van der Waals surface area (Å²) in [6.45, 7) is 1.33. The lowest BCUT2D eigenvalue weighted by atomic mass is 10.0. The Morgan fingerprint density at radius 1 is 1.06 bits per heavy atom. The molecule has 0 bridgehead atoms. The van der Waals surface area contributed by atoms with Crippen LogP contribution in [0.15, 0.2) is 72.9 Å². The Bertz CT molecular complexity index is 1420. The average Bonchev–Trinajstić information content (AvgIpc) is 3.54. The van der Waals surface area contributed by atoms with Crippen LogP contribution in [0.3, 0.4) is 0 Å². The SMILES string of the molecule is COc1ccc([C@H]2C=C(c3ccccc3)NN2C(=O)COC(=O)c2nc3nccc(C)n3n2)cc1. The van der Waals surface area contributed by atoms with E-state index < -0.39 is 24.5 Å². The molecule has 2 aromatic heterocycles. The number of rotatable bonds is 6. The fraction of sp³-hybridized carbons (Fsp3) is 0.160. The van der Waals surface area contributed by atoms with Crippen LogP contribution in [-0.4, -0.2) is 50.2 Å². The van der Waals surface area contributed by atoms with Gasteiger partial charge in [-0.05, 0) is 42.3 Å². The van der Waals surface area contributed by atoms with E-state index in [1.807, 2.05) is 67.6 Å². The van der Waals surface area contributed by atoms with E-state index in [9.17, 15) is 9.59 Å². The molecule has 0 radical (unpaired) electrons. The third kappa shape index (κ3) is 4.41. The molecule has 5 rings (SSSR count). The number of nitrogens with zero attached hydrogens (tertiary/aromatic N) is 5. The maximum absolute atomic E-state index is 13.2. The second-order valence-electron chi connectivity index (χ2n) is 7.85. The summed E-state index contributed by atoms with van der Waals surface area (Å²) < 4.78 is 11.9. The fourth-order valence-electron chi connectivity index (χ4n) is 3.77. The van der Waals surface area contributed by atoms with Crippen molar-refractivity contribution in [3.05, 3.63) is 95.6 Å². The largest absolute Gasteiger partial charge is 0.497 e. The third-order valence-corrected chi connectivity index (χ3v) is 5.59. The van der Waals surface area contributed by atoms with Gasteiger partial charge < -0.3 is 9.47 Å². The number of esters is 1. The average molecular weight is 470 g/mol. The van der Waals surface area contributed by atoms with Gasteiger partial charge >= 0.3 is 5.97 Å². The predicted octanol–water partition coefficient (Wildman–Crippen LogP) is 2.73. The second kappa shape index (κ2) is 9.26. The summed E-state index contributed by atoms with van der Waals surface area (Å²) >= 11 is 0. The number of aromatic nitrogens is 4. The van der Waals surface area contributed by atoms with Crippen LogP contribution in [-0.2, 0) is 9.53 Å². The number of methoxy groups -OCH3 is 1. The molecule has 1 atom stereocenters. The second-order valence-corrected chi connectivity index (χ2v) is 7.85. The first-order chi connectivity index (χ1) is 17.0. The Morgan fingerprint density at radius 2 is 1.83 bits per heavy atom. The van der Waals surface area contributed by atoms with Gasteiger partial charge in [-0.15, -0.1) is 5.10 Å². The Kier molecular flexibility index (Phi) is 5.84. The molecule has 0 spiro atoms. The first-order valence-corrected chi connectivity index (χ1v) is 10.9. The summed E-state index contributed by atoms with van der Waals surface area (Å²) in [5.74, 6) is -0.410. The molecule has 35 heavy (non-hydrogen) atoms. The van der Waals surface area contributed by atoms with Crippen molar-refractivity contribution in [1.29, 1.82) is 0 Å². The number of benzene rings is 2. The lowest BCUT2D eigenvalue weighted by Crippen LogP contribution is -2.42. The quantitative estimate of drug-likeness (QED) is 0.428. The number of nitrogens with one attached hydrogen (secondary N) is 1. The number of carbonyl (C=O) groups is 2. The maximum Gasteiger partial charge on any atom is 0.378 e. The molecule has 1 N–H and O–H groups in total. The fourth-order valence-corrected chi connectivity index (χ4v) is 3.77. The number of fused-ring (bicyclic) bond motifs is 1. The van der Waals surface area contributed by atoms with Gasteiger partial charge in [-0.25, -0.2) is 19.3 Å². The smallest absolute Gasteiger partial charge is 0.378 e. The van der Waals surface area contributed by atoms with Crippen molar-refractivity contribution in [2.45, 2.75) is 13.0 Å². The van der Waals surface area contributed by atoms with Gasteiger partial charge in [-0.1, -0.05) is 42.5 Å². The Labute approximate surface area is 200 Å². The zero-order valence-corrected chi connectivity index (χ0v) is 19.1. The number of hydrogen-bond acceptors (Lipinski definition) is 8. The van der Waals surface area contributed by atoms with Crippen molar-refractivity contribution in [3.8, 4) is 5.75 Å². The molecule has 0 unspecified atom stereocenters. The maximum atomic E-state index is 13.2. The van der Waals surface area contributed by atoms with Gasteiger partial charge in [-0.2, -0.15) is 4.98 Å². The van der Waals surface area contributed by atoms with E-state index >= 15 is 0 Å². The monoisotopic (exact) mass is 470 g/mol. The highest BCUT2D eigenvalue weighted by molar-refractivity contribution is 5.89. The lowest BCUT2D eigenvalue weighted by Gasteiger charge is -2.25. The topological polar surface area (TPSA) is 111 Å². The van der Waals surface area contributed by atoms with Crippen LogP contribution < -0.4 is 10.2 Å². The molecule has 10 nitrogen and oxygen atoms in total. The van der Waals surface area contributed by atoms with Crippen LogP contribution in [0.4, 0.5) is 0 Å². The molecule has 10 heteroatoms. The van der Waals surface area contributed by atoms with Crippen molar-refractivity contribution in [1.82, 2.24) is 30.0 Å². The van der Waals surface area contributed by atoms with E-state index in [1.54, 1.807) is 19.4 Å². The summed E-state index contributed by atoms with van der Waals surface area (Å²) in [7, 11) is 1.60. The number of carbonyl (C=O) groups excluding carboxylic acids is 2. The summed E-state index contributed by atoms with van der Waals surface area (Å²) in [4.78, 5) is 33.9. The molecular formula is C25H22N6O4. The van der Waals surface area contributed by atoms with Gasteiger partial charge in [0.15, 0.2) is 6.61 Å². The zero-order chi connectivity index (χ0) is 24.4. The van der Waals surface area contributed by atoms with E-state index in [0.717, 1.165) is 22.5 Å². The summed E-state index contributed by atoms with van der Waals surface area (Å²) in [5.41, 5.74) is 6.49. The molecule has 176 valence electrons. The van der Waals surface area contributed by atoms with Gasteiger partial charge in [0.2, 0.25) is 0 Å². The summed E-state index contributed by atoms with van der Waals surface area (Å²) in [6, 6.07) is 18.4. The summed E-state index contributed by atoms with van der Waals surface area (Å²) in [5, 5.41) is 5.57. The van der Waals surface area contributed by atoms with Gasteiger partial charge in [0.25, 0.3) is 17.5 Å². The highest BCUT2D eigenvalue weighted by atomic mass is 16.5. The first kappa shape index (κ1) is 22.1. The minimum Gasteiger partial charge on any atom is -0.497 e. The van der Waals surface area contributed by atoms with Gasteiger partial charge in [-0.3, -0.25) is 10.2 Å². The minimum atomic E-state index is -0.806. The highest BCUT2D eigenvalue weighted by Gasteiger charge is 2.31. The van der Waals surface area contributed by atoms with Crippen LogP contribution in [0.25, 0.3) is 11.5 Å². The van der Waals surface area contributed by atoms with Crippen LogP contribution in [0.1, 0.15) is 33.5 Å². The van der Waals surface area contributed by atoms with Crippen molar-refractivity contribution in [2.75, 3.05) is 13.7 Å². The number of ether oxygens (including phenoxy) is 2. The van der Waals surface area contributed by atoms with Gasteiger partial charge in [0, 0.05) is 11.9 Å². The normalized spacial score (nSPS) is 15.0. The third-order valence-electron chi connectivity index (χ3n) is 5.59. The van der Waals surface area contributed by atoms with E-state index in [0.29, 0.717) is 5.75 Å². The standard InChI is InChI=1S/C25H22N6O4/c1-16-12-13-26-25-27-23(29-30(16)25)24(33)35-15-22(32)31-21(18-8-10-19(34-2)11-9-18)14-20(28-31)17-6-4-3-5-7-17/h3-14,21,28H,15H2,1-2H3/t21-/m1/s1. The van der Waals surface area contributed by atoms with Crippen molar-refractivity contribution < 1.29 is 19.1 Å². The Morgan fingerprint density at radius 3 is 2.54 bits per heavy atom. The van der Waals surface area contributed by atoms with E-state index in [4.69, 9.17) is 9.47 Å². The number of aryl methyl sites for hydroxylation is 1. The van der Waals surface area contributed by atoms with E-state index in [2.05, 4.69) is 20.5 Å². The predicted molar refractivity (Wildman–Crippen MR) is 126 cm³/mol. The zero-order valence-electron chi connectivity index (χ0n) is 19.1. The molecule has 0 saturated heterocycles. The van der Waals surface area contributed by atoms with Gasteiger partial charge in [0.05, 0.1) is 18.8 Å². The molecule has 1 amide bonds. The minimum absolute atomic E-state index is 0.163. The molecule has 3 heterocycles. The number of hydrogen-bond donors (Lipinski definition) is 1. The van der Waals surface area contributed by atoms with Crippen molar-refractivity contribution in [3.63, 3.8) is 0 Å². The van der Waals surface area contributed by atoms with Crippen molar-refractivity contribution in [2.24, 2.45) is 0 Å². The van der Waals surface area contributed by atoms with Crippen LogP contribution in [0, 0.1) is 6.92 Å². The number of hydrazine groups is 1. The highest BCUT2D eigenvalue weighted by Crippen LogP contribution is 2.32. The lowest BCUT2D eigenvalue weighted by molar-refractivity contribution is -0.137. The van der Waals surface area contributed by atoms with Crippen LogP contribution in [0.2, 0.25) is 0 Å². The molecule has 0 fully saturated rings. The number of amides is 1. The molecule has 0 aliphatic carbocycles. The first-order valence-electron chi connectivity index (χ1n) is 10.9. The Balaban J connectivity index is 1.34. The summed E-state index contributed by atoms with van der Waals surface area (Å²) in [6.07, 6.45) is 3.53. The van der Waals surface area contributed by atoms with Crippen LogP contribution in [0.5, 0.6) is 5.75 Å². The van der Waals surface area contributed by atoms with Crippen LogP contribution >= 0.6 is 0 Å². The Hall–Kier alpha value is -4.73. The molecule has 4 aromatic rings. The molecule has 1 aliphatic heterocycles. The molecule has 0 saturated carbocycles. The van der Waals surface area contributed by atoms with Crippen molar-refractivity contribution >= 4 is 23.4 Å². The molecule has 1 aliphatic rings. The van der Waals surface area contributed by atoms with Gasteiger partial charge in [0.1, 0.15) is 5.75 Å². The van der Waals surface area contributed by atoms with E-state index in [-0.39, 0.29) is 11.6 Å². The molecule has 2 aromatic carbocycles. The molecular weight excluding hydrogens is 448 g/mol.